The summed E-state index contributed by atoms with van der Waals surface area (Å²) in [5.41, 5.74) is 0. The van der Waals surface area contributed by atoms with Gasteiger partial charge >= 0.3 is 7.67 Å². The van der Waals surface area contributed by atoms with Gasteiger partial charge in [-0.05, 0) is 6.37 Å². The Kier molecular flexibility index (Phi) is 1.88. The van der Waals surface area contributed by atoms with Gasteiger partial charge < -0.3 is 4.52 Å². The highest BCUT2D eigenvalue weighted by atomic mass is 35.5. The molecule has 0 bridgehead atoms. The Balaban J connectivity index is 3.48. The molecule has 1 aliphatic heterocycles. The molecular weight excluding hydrogens is 246 g/mol. The van der Waals surface area contributed by atoms with Gasteiger partial charge in [-0.2, -0.15) is 0 Å². The van der Waals surface area contributed by atoms with Gasteiger partial charge in [0.25, 0.3) is 0 Å². The van der Waals surface area contributed by atoms with Crippen LogP contribution in [0.3, 0.4) is 0 Å². The number of hydrogen-bond acceptors (Lipinski definition) is 2. The minimum atomic E-state index is -5.14. The van der Waals surface area contributed by atoms with Crippen LogP contribution >= 0.6 is 30.9 Å². The van der Waals surface area contributed by atoms with Crippen LogP contribution in [0.25, 0.3) is 0 Å². The third-order valence-corrected chi connectivity index (χ3v) is 3.21. The number of halogens is 2. The van der Waals surface area contributed by atoms with Crippen LogP contribution in [0.5, 0.6) is 0 Å². The lowest BCUT2D eigenvalue weighted by atomic mass is 10.5. The van der Waals surface area contributed by atoms with E-state index in [0.717, 1.165) is 0 Å². The predicted octanol–water partition coefficient (Wildman–Crippen LogP) is 1.88. The van der Waals surface area contributed by atoms with E-state index in [2.05, 4.69) is 4.52 Å². The summed E-state index contributed by atoms with van der Waals surface area (Å²) in [6, 6.07) is 0. The Hall–Kier alpha value is 0.690. The first kappa shape index (κ1) is 4.17. The van der Waals surface area contributed by atoms with Crippen molar-refractivity contribution in [2.45, 2.75) is 6.37 Å². The summed E-state index contributed by atoms with van der Waals surface area (Å²) in [5, 5.41) is -0.466. The first-order valence-electron chi connectivity index (χ1n) is 8.86. The molecule has 1 heterocycles. The maximum atomic E-state index is 13.1. The van der Waals surface area contributed by atoms with Crippen molar-refractivity contribution in [2.75, 3.05) is 37.8 Å². The maximum absolute atomic E-state index is 13.1. The SMILES string of the molecule is [2H]N1C([2H])([2H])C([2H])([2H])C([2H])([2H])OP1(=O)N(CC([2H])([2H])Cl)CC([2H])([2H])Cl. The molecule has 0 amide bonds. The fourth-order valence-electron chi connectivity index (χ4n) is 0.707. The fourth-order valence-corrected chi connectivity index (χ4v) is 2.29. The van der Waals surface area contributed by atoms with E-state index in [0.29, 0.717) is 0 Å². The Morgan fingerprint density at radius 1 is 1.64 bits per heavy atom. The third-order valence-electron chi connectivity index (χ3n) is 1.29. The number of nitrogens with one attached hydrogen (secondary N) is 1. The van der Waals surface area contributed by atoms with Gasteiger partial charge in [0, 0.05) is 42.2 Å². The summed E-state index contributed by atoms with van der Waals surface area (Å²) in [6.07, 6.45) is -3.43. The van der Waals surface area contributed by atoms with Crippen LogP contribution in [-0.2, 0) is 9.09 Å². The van der Waals surface area contributed by atoms with Gasteiger partial charge in [0.05, 0.1) is 9.30 Å². The van der Waals surface area contributed by atoms with Crippen LogP contribution in [0.4, 0.5) is 0 Å². The standard InChI is InChI=1S/C7H15Cl2N2O2P/c8-2-5-11(6-3-9)14(12)10-4-1-7-13-14/h1-7H2,(H,10,12)/i1D2,2D2,3D2,4D2,7D2/hD. The van der Waals surface area contributed by atoms with E-state index >= 15 is 0 Å². The van der Waals surface area contributed by atoms with Crippen molar-refractivity contribution in [1.82, 2.24) is 9.75 Å². The predicted molar refractivity (Wildman–Crippen MR) is 59.2 cm³/mol. The summed E-state index contributed by atoms with van der Waals surface area (Å²) in [4.78, 5) is 0. The van der Waals surface area contributed by atoms with Crippen LogP contribution < -0.4 is 5.08 Å². The Morgan fingerprint density at radius 3 is 2.86 bits per heavy atom. The van der Waals surface area contributed by atoms with E-state index in [1.807, 2.05) is 0 Å². The molecule has 0 aromatic carbocycles. The molecule has 1 atom stereocenters. The summed E-state index contributed by atoms with van der Waals surface area (Å²) in [5.74, 6) is -5.28. The summed E-state index contributed by atoms with van der Waals surface area (Å²) < 4.78 is 100. The van der Waals surface area contributed by atoms with Crippen LogP contribution in [0, 0.1) is 0 Å². The average Bonchev–Trinajstić information content (AvgIpc) is 2.31. The van der Waals surface area contributed by atoms with Crippen molar-refractivity contribution in [1.29, 1.82) is 0 Å². The quantitative estimate of drug-likeness (QED) is 0.613. The Bertz CT molecular complexity index is 550. The summed E-state index contributed by atoms with van der Waals surface area (Å²) in [7, 11) is -5.14. The van der Waals surface area contributed by atoms with Gasteiger partial charge in [-0.3, -0.25) is 4.57 Å². The van der Waals surface area contributed by atoms with E-state index in [-0.39, 0.29) is 4.67 Å². The zero-order valence-electron chi connectivity index (χ0n) is 17.8. The number of nitrogens with zero attached hydrogens (tertiary/aromatic N) is 1. The van der Waals surface area contributed by atoms with Crippen molar-refractivity contribution in [3.05, 3.63) is 0 Å². The fraction of sp³-hybridized carbons (Fsp3) is 1.00. The van der Waals surface area contributed by atoms with Crippen molar-refractivity contribution >= 4 is 30.9 Å². The van der Waals surface area contributed by atoms with Gasteiger partial charge in [-0.15, -0.1) is 23.2 Å². The van der Waals surface area contributed by atoms with Crippen LogP contribution in [0.2, 0.25) is 1.41 Å². The number of alkyl halides is 2. The molecule has 7 heteroatoms. The number of hydrogen-bond donors (Lipinski definition) is 1. The normalized spacial score (nSPS) is 54.1. The van der Waals surface area contributed by atoms with Crippen LogP contribution in [-0.4, -0.2) is 42.5 Å². The van der Waals surface area contributed by atoms with Gasteiger partial charge in [-0.25, -0.2) is 9.75 Å². The first-order valence-corrected chi connectivity index (χ1v) is 5.70. The lowest BCUT2D eigenvalue weighted by molar-refractivity contribution is 0.233. The topological polar surface area (TPSA) is 41.6 Å². The van der Waals surface area contributed by atoms with E-state index in [4.69, 9.17) is 38.3 Å². The molecule has 1 N–H and O–H groups in total. The molecule has 0 aromatic heterocycles. The molecular formula is C7H15Cl2N2O2P. The van der Waals surface area contributed by atoms with Crippen molar-refractivity contribution < 1.29 is 24.2 Å². The van der Waals surface area contributed by atoms with E-state index in [9.17, 15) is 4.57 Å². The monoisotopic (exact) mass is 271 g/mol. The van der Waals surface area contributed by atoms with Crippen molar-refractivity contribution in [3.63, 3.8) is 0 Å². The molecule has 0 spiro atoms. The van der Waals surface area contributed by atoms with Gasteiger partial charge in [0.15, 0.2) is 0 Å². The average molecular weight is 272 g/mol. The minimum Gasteiger partial charge on any atom is -0.306 e. The highest BCUT2D eigenvalue weighted by molar-refractivity contribution is 7.54. The van der Waals surface area contributed by atoms with Gasteiger partial charge in [-0.1, -0.05) is 0 Å². The van der Waals surface area contributed by atoms with E-state index in [1.54, 1.807) is 0 Å². The maximum Gasteiger partial charge on any atom is 0.343 e. The minimum absolute atomic E-state index is 0.269. The molecule has 14 heavy (non-hydrogen) atoms. The second-order valence-corrected chi connectivity index (χ2v) is 4.57. The van der Waals surface area contributed by atoms with Gasteiger partial charge in [0.1, 0.15) is 1.41 Å². The summed E-state index contributed by atoms with van der Waals surface area (Å²) in [6.45, 7) is -9.09. The third kappa shape index (κ3) is 3.37. The molecule has 1 rings (SSSR count). The highest BCUT2D eigenvalue weighted by Crippen LogP contribution is 2.47. The molecule has 1 fully saturated rings. The van der Waals surface area contributed by atoms with Crippen molar-refractivity contribution in [2.24, 2.45) is 0 Å². The largest absolute Gasteiger partial charge is 0.343 e. The van der Waals surface area contributed by atoms with Crippen LogP contribution in [0.15, 0.2) is 0 Å². The van der Waals surface area contributed by atoms with E-state index in [1.165, 1.54) is 0 Å². The molecule has 4 nitrogen and oxygen atoms in total. The molecule has 0 saturated carbocycles. The second-order valence-electron chi connectivity index (χ2n) is 2.11. The first-order chi connectivity index (χ1) is 10.7. The molecule has 84 valence electrons. The molecule has 0 aliphatic carbocycles. The lowest BCUT2D eigenvalue weighted by Gasteiger charge is -2.33. The zero-order chi connectivity index (χ0) is 20.3. The smallest absolute Gasteiger partial charge is 0.306 e. The van der Waals surface area contributed by atoms with Crippen LogP contribution in [0.1, 0.15) is 20.1 Å². The van der Waals surface area contributed by atoms with E-state index < -0.39 is 56.9 Å². The Morgan fingerprint density at radius 2 is 2.29 bits per heavy atom. The molecule has 0 radical (unpaired) electrons. The molecule has 0 aromatic rings. The molecule has 1 unspecified atom stereocenters. The van der Waals surface area contributed by atoms with Gasteiger partial charge in [0.2, 0.25) is 0 Å². The Labute approximate surface area is 110 Å². The number of rotatable bonds is 5. The highest BCUT2D eigenvalue weighted by Gasteiger charge is 2.32. The lowest BCUT2D eigenvalue weighted by Crippen LogP contribution is -2.35. The molecule has 1 aliphatic rings. The second kappa shape index (κ2) is 6.31. The molecule has 1 saturated heterocycles. The zero-order valence-corrected chi connectivity index (χ0v) is 9.23. The summed E-state index contributed by atoms with van der Waals surface area (Å²) >= 11 is 10.8. The van der Waals surface area contributed by atoms with Crippen molar-refractivity contribution in [3.8, 4) is 0 Å².